The van der Waals surface area contributed by atoms with Gasteiger partial charge in [0, 0.05) is 56.0 Å². The monoisotopic (exact) mass is 391 g/mol. The zero-order valence-electron chi connectivity index (χ0n) is 16.6. The van der Waals surface area contributed by atoms with Crippen molar-refractivity contribution in [2.45, 2.75) is 13.0 Å². The number of hydrogen-bond acceptors (Lipinski definition) is 2. The highest BCUT2D eigenvalue weighted by molar-refractivity contribution is 5.83. The third kappa shape index (κ3) is 4.59. The van der Waals surface area contributed by atoms with Gasteiger partial charge in [0.1, 0.15) is 5.82 Å². The summed E-state index contributed by atoms with van der Waals surface area (Å²) in [7, 11) is 1.77. The predicted octanol–water partition coefficient (Wildman–Crippen LogP) is 3.59. The Kier molecular flexibility index (Phi) is 5.79. The molecule has 29 heavy (non-hydrogen) atoms. The van der Waals surface area contributed by atoms with Crippen LogP contribution in [-0.2, 0) is 13.0 Å². The summed E-state index contributed by atoms with van der Waals surface area (Å²) in [4.78, 5) is 9.78. The van der Waals surface area contributed by atoms with E-state index in [1.165, 1.54) is 23.4 Å². The Morgan fingerprint density at radius 2 is 2.00 bits per heavy atom. The topological polar surface area (TPSA) is 55.5 Å². The van der Waals surface area contributed by atoms with Crippen molar-refractivity contribution in [1.82, 2.24) is 15.6 Å². The fraction of sp³-hybridized carbons (Fsp3) is 0.261. The molecule has 0 bridgehead atoms. The number of aliphatic imine (C=N–C) groups is 1. The maximum atomic E-state index is 13.3. The molecule has 0 saturated heterocycles. The van der Waals surface area contributed by atoms with Gasteiger partial charge < -0.3 is 20.5 Å². The number of rotatable bonds is 6. The zero-order chi connectivity index (χ0) is 20.1. The summed E-state index contributed by atoms with van der Waals surface area (Å²) in [5.41, 5.74) is 4.45. The van der Waals surface area contributed by atoms with Gasteiger partial charge >= 0.3 is 0 Å². The van der Waals surface area contributed by atoms with Crippen LogP contribution >= 0.6 is 0 Å². The van der Waals surface area contributed by atoms with E-state index in [1.54, 1.807) is 7.05 Å². The van der Waals surface area contributed by atoms with Crippen molar-refractivity contribution in [2.75, 3.05) is 31.6 Å². The molecule has 150 valence electrons. The van der Waals surface area contributed by atoms with Crippen LogP contribution < -0.4 is 15.5 Å². The van der Waals surface area contributed by atoms with E-state index in [4.69, 9.17) is 0 Å². The van der Waals surface area contributed by atoms with E-state index in [1.807, 2.05) is 12.3 Å². The molecule has 0 amide bonds. The lowest BCUT2D eigenvalue weighted by Crippen LogP contribution is -2.37. The highest BCUT2D eigenvalue weighted by atomic mass is 19.1. The van der Waals surface area contributed by atoms with Gasteiger partial charge in [-0.1, -0.05) is 24.3 Å². The molecule has 1 aliphatic rings. The van der Waals surface area contributed by atoms with E-state index >= 15 is 0 Å². The molecule has 2 aromatic carbocycles. The maximum absolute atomic E-state index is 13.3. The molecule has 6 heteroatoms. The minimum absolute atomic E-state index is 0.223. The molecule has 1 aliphatic heterocycles. The first-order valence-electron chi connectivity index (χ1n) is 9.92. The van der Waals surface area contributed by atoms with Gasteiger partial charge in [0.05, 0.1) is 0 Å². The smallest absolute Gasteiger partial charge is 0.191 e. The van der Waals surface area contributed by atoms with E-state index in [-0.39, 0.29) is 5.82 Å². The van der Waals surface area contributed by atoms with Gasteiger partial charge in [0.2, 0.25) is 0 Å². The number of halogens is 1. The lowest BCUT2D eigenvalue weighted by Gasteiger charge is -2.19. The summed E-state index contributed by atoms with van der Waals surface area (Å²) in [6, 6.07) is 13.4. The second-order valence-electron chi connectivity index (χ2n) is 7.15. The summed E-state index contributed by atoms with van der Waals surface area (Å²) in [6.07, 6.45) is 7.16. The van der Waals surface area contributed by atoms with E-state index in [0.717, 1.165) is 48.5 Å². The van der Waals surface area contributed by atoms with E-state index in [2.05, 4.69) is 61.9 Å². The Hall–Kier alpha value is -3.28. The van der Waals surface area contributed by atoms with Gasteiger partial charge in [0.15, 0.2) is 5.96 Å². The van der Waals surface area contributed by atoms with Crippen molar-refractivity contribution >= 4 is 22.5 Å². The number of H-pyrrole nitrogens is 1. The minimum Gasteiger partial charge on any atom is -0.364 e. The highest BCUT2D eigenvalue weighted by Crippen LogP contribution is 2.20. The number of aromatic nitrogens is 1. The van der Waals surface area contributed by atoms with Gasteiger partial charge in [-0.25, -0.2) is 4.39 Å². The third-order valence-corrected chi connectivity index (χ3v) is 5.19. The Balaban J connectivity index is 1.29. The van der Waals surface area contributed by atoms with E-state index < -0.39 is 0 Å². The van der Waals surface area contributed by atoms with Gasteiger partial charge in [-0.3, -0.25) is 4.99 Å². The number of hydrogen-bond donors (Lipinski definition) is 3. The van der Waals surface area contributed by atoms with Crippen molar-refractivity contribution in [3.63, 3.8) is 0 Å². The largest absolute Gasteiger partial charge is 0.364 e. The van der Waals surface area contributed by atoms with Crippen LogP contribution in [0.25, 0.3) is 10.9 Å². The second-order valence-corrected chi connectivity index (χ2v) is 7.15. The molecule has 2 heterocycles. The average molecular weight is 391 g/mol. The average Bonchev–Trinajstić information content (AvgIpc) is 3.41. The highest BCUT2D eigenvalue weighted by Gasteiger charge is 2.08. The van der Waals surface area contributed by atoms with Crippen LogP contribution in [-0.4, -0.2) is 37.6 Å². The molecule has 0 radical (unpaired) electrons. The number of nitrogens with one attached hydrogen (secondary N) is 3. The molecule has 0 atom stereocenters. The number of aromatic amines is 1. The zero-order valence-corrected chi connectivity index (χ0v) is 16.6. The van der Waals surface area contributed by atoms with Crippen molar-refractivity contribution in [1.29, 1.82) is 0 Å². The van der Waals surface area contributed by atoms with Crippen LogP contribution in [0, 0.1) is 5.82 Å². The molecular formula is C23H26FN5. The van der Waals surface area contributed by atoms with Crippen molar-refractivity contribution in [3.05, 3.63) is 77.8 Å². The van der Waals surface area contributed by atoms with Crippen LogP contribution in [0.3, 0.4) is 0 Å². The standard InChI is InChI=1S/C23H26FN5/c1-25-23(26-10-9-18-16-27-22-14-19(24)7-8-21(18)22)28-15-17-5-4-6-20(13-17)29-11-2-3-12-29/h2-8,13-14,16,27H,9-12,15H2,1H3,(H2,25,26,28). The summed E-state index contributed by atoms with van der Waals surface area (Å²) in [5.74, 6) is 0.544. The molecule has 0 saturated carbocycles. The Bertz CT molecular complexity index is 1030. The summed E-state index contributed by atoms with van der Waals surface area (Å²) in [5, 5.41) is 7.79. The van der Waals surface area contributed by atoms with Crippen LogP contribution in [0.1, 0.15) is 11.1 Å². The Morgan fingerprint density at radius 3 is 2.83 bits per heavy atom. The molecule has 0 unspecified atom stereocenters. The minimum atomic E-state index is -0.223. The SMILES string of the molecule is CN=C(NCCc1c[nH]c2cc(F)ccc12)NCc1cccc(N2CC=CC2)c1. The van der Waals surface area contributed by atoms with Crippen molar-refractivity contribution in [3.8, 4) is 0 Å². The maximum Gasteiger partial charge on any atom is 0.191 e. The molecular weight excluding hydrogens is 365 g/mol. The van der Waals surface area contributed by atoms with Gasteiger partial charge in [0.25, 0.3) is 0 Å². The van der Waals surface area contributed by atoms with Gasteiger partial charge in [-0.05, 0) is 47.9 Å². The predicted molar refractivity (Wildman–Crippen MR) is 118 cm³/mol. The third-order valence-electron chi connectivity index (χ3n) is 5.19. The van der Waals surface area contributed by atoms with Crippen LogP contribution in [0.5, 0.6) is 0 Å². The number of anilines is 1. The first-order valence-corrected chi connectivity index (χ1v) is 9.92. The first-order chi connectivity index (χ1) is 14.2. The summed E-state index contributed by atoms with van der Waals surface area (Å²) >= 11 is 0. The number of fused-ring (bicyclic) bond motifs is 1. The molecule has 3 N–H and O–H groups in total. The summed E-state index contributed by atoms with van der Waals surface area (Å²) in [6.45, 7) is 3.39. The molecule has 0 spiro atoms. The summed E-state index contributed by atoms with van der Waals surface area (Å²) < 4.78 is 13.3. The van der Waals surface area contributed by atoms with E-state index in [9.17, 15) is 4.39 Å². The first kappa shape index (κ1) is 19.1. The Labute approximate surface area is 170 Å². The second kappa shape index (κ2) is 8.82. The number of nitrogens with zero attached hydrogens (tertiary/aromatic N) is 2. The van der Waals surface area contributed by atoms with Crippen LogP contribution in [0.2, 0.25) is 0 Å². The Morgan fingerprint density at radius 1 is 1.14 bits per heavy atom. The lowest BCUT2D eigenvalue weighted by molar-refractivity contribution is 0.629. The number of benzene rings is 2. The van der Waals surface area contributed by atoms with E-state index in [0.29, 0.717) is 6.54 Å². The fourth-order valence-corrected chi connectivity index (χ4v) is 3.64. The molecule has 0 fully saturated rings. The molecule has 0 aliphatic carbocycles. The lowest BCUT2D eigenvalue weighted by atomic mass is 10.1. The molecule has 5 nitrogen and oxygen atoms in total. The molecule has 1 aromatic heterocycles. The number of guanidine groups is 1. The van der Waals surface area contributed by atoms with Crippen molar-refractivity contribution < 1.29 is 4.39 Å². The molecule has 3 aromatic rings. The van der Waals surface area contributed by atoms with Crippen molar-refractivity contribution in [2.24, 2.45) is 4.99 Å². The van der Waals surface area contributed by atoms with Gasteiger partial charge in [-0.2, -0.15) is 0 Å². The van der Waals surface area contributed by atoms with Gasteiger partial charge in [-0.15, -0.1) is 0 Å². The van der Waals surface area contributed by atoms with Crippen LogP contribution in [0.4, 0.5) is 10.1 Å². The fourth-order valence-electron chi connectivity index (χ4n) is 3.64. The quantitative estimate of drug-likeness (QED) is 0.342. The molecule has 4 rings (SSSR count). The van der Waals surface area contributed by atoms with Crippen LogP contribution in [0.15, 0.2) is 65.8 Å². The normalized spacial score (nSPS) is 14.0.